The molecule has 45 heavy (non-hydrogen) atoms. The second-order valence-corrected chi connectivity index (χ2v) is 11.7. The first-order valence-electron chi connectivity index (χ1n) is 15.8. The van der Waals surface area contributed by atoms with Crippen LogP contribution in [-0.2, 0) is 6.42 Å². The Kier molecular flexibility index (Phi) is 8.21. The maximum absolute atomic E-state index is 4.17. The van der Waals surface area contributed by atoms with Crippen LogP contribution in [0.25, 0.3) is 45.7 Å². The summed E-state index contributed by atoms with van der Waals surface area (Å²) < 4.78 is 0. The Balaban J connectivity index is 1.35. The predicted molar refractivity (Wildman–Crippen MR) is 193 cm³/mol. The van der Waals surface area contributed by atoms with Gasteiger partial charge in [-0.25, -0.2) is 0 Å². The SMILES string of the molecule is C=c1cccc/c1=C/Cc1ccc2cc(/C3=c4\cccc\c4=C(/c4cccc(-c5ccccc5)c4)C/C=C\C=C/C3)ccc2c1. The molecule has 0 amide bonds. The van der Waals surface area contributed by atoms with Crippen LogP contribution in [0.15, 0.2) is 164 Å². The van der Waals surface area contributed by atoms with Gasteiger partial charge in [0, 0.05) is 0 Å². The molecule has 0 saturated heterocycles. The molecule has 0 atom stereocenters. The molecule has 0 heterocycles. The Morgan fingerprint density at radius 2 is 1.09 bits per heavy atom. The predicted octanol–water partition coefficient (Wildman–Crippen LogP) is 8.24. The number of hydrogen-bond acceptors (Lipinski definition) is 0. The van der Waals surface area contributed by atoms with Crippen molar-refractivity contribution in [2.24, 2.45) is 0 Å². The molecular weight excluding hydrogens is 540 g/mol. The fraction of sp³-hybridized carbons (Fsp3) is 0.0667. The lowest BCUT2D eigenvalue weighted by atomic mass is 9.91. The largest absolute Gasteiger partial charge is 0.0912 e. The van der Waals surface area contributed by atoms with Gasteiger partial charge in [0.15, 0.2) is 0 Å². The van der Waals surface area contributed by atoms with Gasteiger partial charge in [0.2, 0.25) is 0 Å². The molecule has 0 saturated carbocycles. The summed E-state index contributed by atoms with van der Waals surface area (Å²) in [4.78, 5) is 0. The minimum Gasteiger partial charge on any atom is -0.0912 e. The van der Waals surface area contributed by atoms with Crippen molar-refractivity contribution in [1.82, 2.24) is 0 Å². The molecule has 6 aromatic carbocycles. The van der Waals surface area contributed by atoms with E-state index in [9.17, 15) is 0 Å². The molecule has 1 aliphatic carbocycles. The number of fused-ring (bicyclic) bond motifs is 2. The molecule has 0 bridgehead atoms. The highest BCUT2D eigenvalue weighted by molar-refractivity contribution is 5.87. The molecule has 0 spiro atoms. The third-order valence-corrected chi connectivity index (χ3v) is 8.79. The number of rotatable bonds is 5. The molecule has 0 N–H and O–H groups in total. The van der Waals surface area contributed by atoms with E-state index in [2.05, 4.69) is 170 Å². The summed E-state index contributed by atoms with van der Waals surface area (Å²) in [5, 5.41) is 7.40. The van der Waals surface area contributed by atoms with Crippen LogP contribution in [0.2, 0.25) is 0 Å². The smallest absolute Gasteiger partial charge is 0.00822 e. The first-order chi connectivity index (χ1) is 22.2. The Morgan fingerprint density at radius 1 is 0.489 bits per heavy atom. The van der Waals surface area contributed by atoms with Gasteiger partial charge in [-0.1, -0.05) is 164 Å². The molecule has 1 aliphatic rings. The monoisotopic (exact) mass is 576 g/mol. The van der Waals surface area contributed by atoms with Crippen molar-refractivity contribution >= 4 is 34.6 Å². The Hall–Kier alpha value is -5.46. The second-order valence-electron chi connectivity index (χ2n) is 11.7. The standard InChI is InChI=1S/C45H36/c1-33-14-9-10-15-35(33)26-24-34-25-27-39-32-41(29-28-38(39)30-34)43-21-8-3-2-7-20-42(44-22-11-12-23-45(43)44)40-19-13-18-37(31-40)36-16-5-4-6-17-36/h2-19,22-23,25-32H,1,20-21,24H2/b7-2-,8-3-,35-26-,44-42+,45-43+. The average Bonchev–Trinajstić information content (AvgIpc) is 3.10. The Morgan fingerprint density at radius 3 is 1.84 bits per heavy atom. The Labute approximate surface area is 265 Å². The van der Waals surface area contributed by atoms with Gasteiger partial charge in [0.05, 0.1) is 0 Å². The van der Waals surface area contributed by atoms with E-state index in [1.807, 2.05) is 6.07 Å². The number of benzene rings is 6. The minimum absolute atomic E-state index is 0.863. The molecule has 0 unspecified atom stereocenters. The summed E-state index contributed by atoms with van der Waals surface area (Å²) in [6.07, 6.45) is 13.8. The summed E-state index contributed by atoms with van der Waals surface area (Å²) in [6, 6.07) is 50.7. The minimum atomic E-state index is 0.863. The maximum atomic E-state index is 4.17. The molecule has 0 aromatic heterocycles. The molecule has 0 fully saturated rings. The third-order valence-electron chi connectivity index (χ3n) is 8.79. The van der Waals surface area contributed by atoms with E-state index in [1.54, 1.807) is 0 Å². The van der Waals surface area contributed by atoms with Crippen LogP contribution in [0.1, 0.15) is 29.5 Å². The van der Waals surface area contributed by atoms with E-state index >= 15 is 0 Å². The first-order valence-corrected chi connectivity index (χ1v) is 15.8. The van der Waals surface area contributed by atoms with Crippen molar-refractivity contribution in [1.29, 1.82) is 0 Å². The van der Waals surface area contributed by atoms with Crippen LogP contribution in [-0.4, -0.2) is 0 Å². The van der Waals surface area contributed by atoms with E-state index in [0.29, 0.717) is 0 Å². The van der Waals surface area contributed by atoms with Crippen LogP contribution in [0.4, 0.5) is 0 Å². The quantitative estimate of drug-likeness (QED) is 0.194. The zero-order valence-electron chi connectivity index (χ0n) is 25.5. The van der Waals surface area contributed by atoms with Gasteiger partial charge in [0.25, 0.3) is 0 Å². The molecule has 216 valence electrons. The summed E-state index contributed by atoms with van der Waals surface area (Å²) in [5.41, 5.74) is 9.02. The van der Waals surface area contributed by atoms with Crippen molar-refractivity contribution in [3.8, 4) is 11.1 Å². The number of allylic oxidation sites excluding steroid dienone is 4. The van der Waals surface area contributed by atoms with Gasteiger partial charge in [-0.2, -0.15) is 0 Å². The molecule has 0 nitrogen and oxygen atoms in total. The van der Waals surface area contributed by atoms with Crippen LogP contribution < -0.4 is 20.9 Å². The van der Waals surface area contributed by atoms with Crippen molar-refractivity contribution in [3.63, 3.8) is 0 Å². The topological polar surface area (TPSA) is 0 Å². The molecule has 6 aromatic rings. The lowest BCUT2D eigenvalue weighted by Gasteiger charge is -2.13. The van der Waals surface area contributed by atoms with E-state index < -0.39 is 0 Å². The van der Waals surface area contributed by atoms with Crippen molar-refractivity contribution in [2.45, 2.75) is 19.3 Å². The first kappa shape index (κ1) is 28.3. The van der Waals surface area contributed by atoms with E-state index in [0.717, 1.165) is 24.5 Å². The third kappa shape index (κ3) is 6.28. The summed E-state index contributed by atoms with van der Waals surface area (Å²) in [6.45, 7) is 4.17. The van der Waals surface area contributed by atoms with Crippen LogP contribution >= 0.6 is 0 Å². The van der Waals surface area contributed by atoms with Gasteiger partial charge in [0.1, 0.15) is 0 Å². The average molecular weight is 577 g/mol. The van der Waals surface area contributed by atoms with Gasteiger partial charge < -0.3 is 0 Å². The van der Waals surface area contributed by atoms with Gasteiger partial charge >= 0.3 is 0 Å². The summed E-state index contributed by atoms with van der Waals surface area (Å²) in [7, 11) is 0. The molecule has 0 radical (unpaired) electrons. The van der Waals surface area contributed by atoms with E-state index in [-0.39, 0.29) is 0 Å². The molecule has 0 heteroatoms. The maximum Gasteiger partial charge on any atom is -0.00822 e. The fourth-order valence-corrected chi connectivity index (χ4v) is 6.39. The van der Waals surface area contributed by atoms with Crippen molar-refractivity contribution in [2.75, 3.05) is 0 Å². The van der Waals surface area contributed by atoms with Crippen LogP contribution in [0, 0.1) is 0 Å². The lowest BCUT2D eigenvalue weighted by molar-refractivity contribution is 1.28. The van der Waals surface area contributed by atoms with Crippen LogP contribution in [0.3, 0.4) is 0 Å². The lowest BCUT2D eigenvalue weighted by Crippen LogP contribution is -2.29. The molecule has 7 rings (SSSR count). The highest BCUT2D eigenvalue weighted by atomic mass is 14.1. The highest BCUT2D eigenvalue weighted by Crippen LogP contribution is 2.26. The van der Waals surface area contributed by atoms with Gasteiger partial charge in [-0.3, -0.25) is 0 Å². The normalized spacial score (nSPS) is 17.5. The zero-order valence-corrected chi connectivity index (χ0v) is 25.5. The van der Waals surface area contributed by atoms with Gasteiger partial charge in [-0.05, 0) is 102 Å². The van der Waals surface area contributed by atoms with Crippen molar-refractivity contribution in [3.05, 3.63) is 201 Å². The van der Waals surface area contributed by atoms with E-state index in [1.165, 1.54) is 65.4 Å². The van der Waals surface area contributed by atoms with Crippen LogP contribution in [0.5, 0.6) is 0 Å². The van der Waals surface area contributed by atoms with E-state index in [4.69, 9.17) is 0 Å². The molecular formula is C45H36. The van der Waals surface area contributed by atoms with Crippen molar-refractivity contribution < 1.29 is 0 Å². The molecule has 0 aliphatic heterocycles. The fourth-order valence-electron chi connectivity index (χ4n) is 6.39. The highest BCUT2D eigenvalue weighted by Gasteiger charge is 2.10. The Bertz CT molecular complexity index is 2300. The zero-order chi connectivity index (χ0) is 30.4. The number of hydrogen-bond donors (Lipinski definition) is 0. The summed E-state index contributed by atoms with van der Waals surface area (Å²) in [5.74, 6) is 0. The van der Waals surface area contributed by atoms with Gasteiger partial charge in [-0.15, -0.1) is 0 Å². The summed E-state index contributed by atoms with van der Waals surface area (Å²) >= 11 is 0. The second kappa shape index (κ2) is 13.0.